The quantitative estimate of drug-likeness (QED) is 0.863. The van der Waals surface area contributed by atoms with Gasteiger partial charge in [-0.1, -0.05) is 51.4 Å². The molecule has 0 saturated heterocycles. The zero-order valence-electron chi connectivity index (χ0n) is 15.2. The van der Waals surface area contributed by atoms with Crippen LogP contribution >= 0.6 is 0 Å². The summed E-state index contributed by atoms with van der Waals surface area (Å²) < 4.78 is 5.81. The lowest BCUT2D eigenvalue weighted by Crippen LogP contribution is -2.41. The largest absolute Gasteiger partial charge is 0.427 e. The van der Waals surface area contributed by atoms with Crippen molar-refractivity contribution < 1.29 is 9.76 Å². The normalized spacial score (nSPS) is 21.1. The van der Waals surface area contributed by atoms with Crippen LogP contribution < -0.4 is 5.46 Å². The van der Waals surface area contributed by atoms with E-state index in [0.717, 1.165) is 5.46 Å². The Hall–Kier alpha value is -0.795. The van der Waals surface area contributed by atoms with Gasteiger partial charge in [-0.05, 0) is 55.6 Å². The van der Waals surface area contributed by atoms with E-state index in [1.165, 1.54) is 24.0 Å². The number of hydrogen-bond donors (Lipinski definition) is 1. The Kier molecular flexibility index (Phi) is 4.54. The molecular formula is C19H30BO2. The van der Waals surface area contributed by atoms with Gasteiger partial charge in [0, 0.05) is 0 Å². The Morgan fingerprint density at radius 1 is 1.09 bits per heavy atom. The van der Waals surface area contributed by atoms with Crippen LogP contribution in [0.4, 0.5) is 0 Å². The summed E-state index contributed by atoms with van der Waals surface area (Å²) in [6, 6.07) is 6.63. The van der Waals surface area contributed by atoms with Gasteiger partial charge < -0.3 is 9.76 Å². The van der Waals surface area contributed by atoms with Crippen molar-refractivity contribution in [3.8, 4) is 0 Å². The molecule has 2 rings (SSSR count). The first kappa shape index (κ1) is 17.6. The Morgan fingerprint density at radius 3 is 2.18 bits per heavy atom. The van der Waals surface area contributed by atoms with E-state index in [-0.39, 0.29) is 10.8 Å². The van der Waals surface area contributed by atoms with Crippen molar-refractivity contribution in [1.82, 2.24) is 0 Å². The van der Waals surface area contributed by atoms with Gasteiger partial charge in [-0.2, -0.15) is 0 Å². The summed E-state index contributed by atoms with van der Waals surface area (Å²) in [5.41, 5.74) is 3.81. The van der Waals surface area contributed by atoms with Crippen molar-refractivity contribution in [2.24, 2.45) is 0 Å². The molecule has 1 aliphatic rings. The molecule has 3 heteroatoms. The lowest BCUT2D eigenvalue weighted by atomic mass is 9.62. The van der Waals surface area contributed by atoms with Crippen LogP contribution in [-0.2, 0) is 15.5 Å². The zero-order chi connectivity index (χ0) is 16.8. The number of benzene rings is 1. The van der Waals surface area contributed by atoms with Crippen molar-refractivity contribution in [1.29, 1.82) is 0 Å². The van der Waals surface area contributed by atoms with Crippen molar-refractivity contribution in [2.75, 3.05) is 0 Å². The predicted octanol–water partition coefficient (Wildman–Crippen LogP) is 3.46. The molecule has 121 valence electrons. The topological polar surface area (TPSA) is 29.5 Å². The standard InChI is InChI=1S/C19H30BO2/c1-13(21)19(6,7)22-20-14-8-9-15-16(12-14)18(4,5)11-10-17(15,2)3/h8-9,12-13,21H,10-11H2,1-7H3. The lowest BCUT2D eigenvalue weighted by molar-refractivity contribution is -0.0146. The predicted molar refractivity (Wildman–Crippen MR) is 94.0 cm³/mol. The Labute approximate surface area is 136 Å². The fourth-order valence-electron chi connectivity index (χ4n) is 3.00. The highest BCUT2D eigenvalue weighted by atomic mass is 16.5. The van der Waals surface area contributed by atoms with E-state index in [9.17, 15) is 5.11 Å². The molecule has 0 bridgehead atoms. The van der Waals surface area contributed by atoms with Gasteiger partial charge in [0.2, 0.25) is 0 Å². The molecule has 0 saturated carbocycles. The Bertz CT molecular complexity index is 544. The molecule has 0 aromatic heterocycles. The lowest BCUT2D eigenvalue weighted by Gasteiger charge is -2.42. The van der Waals surface area contributed by atoms with Crippen molar-refractivity contribution in [3.63, 3.8) is 0 Å². The smallest absolute Gasteiger partial charge is 0.330 e. The second-order valence-electron chi connectivity index (χ2n) is 8.59. The maximum absolute atomic E-state index is 9.76. The molecule has 1 aromatic rings. The number of hydrogen-bond acceptors (Lipinski definition) is 2. The van der Waals surface area contributed by atoms with Crippen LogP contribution in [0.25, 0.3) is 0 Å². The molecule has 1 unspecified atom stereocenters. The number of aliphatic hydroxyl groups excluding tert-OH is 1. The molecule has 1 radical (unpaired) electrons. The zero-order valence-corrected chi connectivity index (χ0v) is 15.2. The Balaban J connectivity index is 2.27. The number of fused-ring (bicyclic) bond motifs is 1. The SMILES string of the molecule is CC(O)C(C)(C)O[B]c1ccc2c(c1)C(C)(C)CCC2(C)C. The summed E-state index contributed by atoms with van der Waals surface area (Å²) in [6.45, 7) is 14.9. The number of rotatable bonds is 4. The van der Waals surface area contributed by atoms with E-state index in [2.05, 4.69) is 45.9 Å². The highest BCUT2D eigenvalue weighted by Gasteiger charge is 2.37. The van der Waals surface area contributed by atoms with E-state index >= 15 is 0 Å². The summed E-state index contributed by atoms with van der Waals surface area (Å²) in [7, 11) is 1.78. The van der Waals surface area contributed by atoms with Gasteiger partial charge in [0.15, 0.2) is 0 Å². The van der Waals surface area contributed by atoms with Crippen molar-refractivity contribution >= 4 is 12.9 Å². The summed E-state index contributed by atoms with van der Waals surface area (Å²) in [5.74, 6) is 0. The molecule has 0 spiro atoms. The van der Waals surface area contributed by atoms with E-state index in [1.54, 1.807) is 14.4 Å². The highest BCUT2D eigenvalue weighted by Crippen LogP contribution is 2.45. The van der Waals surface area contributed by atoms with Crippen LogP contribution in [0.5, 0.6) is 0 Å². The summed E-state index contributed by atoms with van der Waals surface area (Å²) in [6.07, 6.45) is 1.91. The first-order chi connectivity index (χ1) is 9.96. The summed E-state index contributed by atoms with van der Waals surface area (Å²) in [4.78, 5) is 0. The van der Waals surface area contributed by atoms with Gasteiger partial charge >= 0.3 is 7.48 Å². The van der Waals surface area contributed by atoms with Crippen LogP contribution in [0.3, 0.4) is 0 Å². The fraction of sp³-hybridized carbons (Fsp3) is 0.684. The van der Waals surface area contributed by atoms with Crippen LogP contribution in [0.15, 0.2) is 18.2 Å². The van der Waals surface area contributed by atoms with Crippen LogP contribution in [-0.4, -0.2) is 24.3 Å². The average Bonchev–Trinajstić information content (AvgIpc) is 2.42. The Morgan fingerprint density at radius 2 is 1.64 bits per heavy atom. The van der Waals surface area contributed by atoms with Gasteiger partial charge in [-0.25, -0.2) is 0 Å². The van der Waals surface area contributed by atoms with E-state index in [0.29, 0.717) is 0 Å². The third-order valence-electron chi connectivity index (χ3n) is 5.38. The fourth-order valence-corrected chi connectivity index (χ4v) is 3.00. The minimum absolute atomic E-state index is 0.203. The number of aliphatic hydroxyl groups is 1. The van der Waals surface area contributed by atoms with Gasteiger partial charge in [0.25, 0.3) is 0 Å². The van der Waals surface area contributed by atoms with Gasteiger partial charge in [-0.3, -0.25) is 0 Å². The molecule has 0 aliphatic heterocycles. The van der Waals surface area contributed by atoms with E-state index in [4.69, 9.17) is 4.65 Å². The minimum Gasteiger partial charge on any atom is -0.427 e. The average molecular weight is 301 g/mol. The van der Waals surface area contributed by atoms with Crippen molar-refractivity contribution in [2.45, 2.75) is 83.8 Å². The monoisotopic (exact) mass is 301 g/mol. The molecule has 1 N–H and O–H groups in total. The third-order valence-corrected chi connectivity index (χ3v) is 5.38. The van der Waals surface area contributed by atoms with Crippen LogP contribution in [0.1, 0.15) is 72.4 Å². The maximum Gasteiger partial charge on any atom is 0.330 e. The van der Waals surface area contributed by atoms with Crippen LogP contribution in [0.2, 0.25) is 0 Å². The van der Waals surface area contributed by atoms with E-state index in [1.807, 2.05) is 13.8 Å². The minimum atomic E-state index is -0.579. The van der Waals surface area contributed by atoms with Gasteiger partial charge in [-0.15, -0.1) is 0 Å². The molecule has 0 fully saturated rings. The molecule has 2 nitrogen and oxygen atoms in total. The molecule has 1 aliphatic carbocycles. The van der Waals surface area contributed by atoms with E-state index < -0.39 is 11.7 Å². The molecule has 1 atom stereocenters. The third kappa shape index (κ3) is 3.41. The molecule has 0 heterocycles. The van der Waals surface area contributed by atoms with Crippen LogP contribution in [0, 0.1) is 0 Å². The van der Waals surface area contributed by atoms with Gasteiger partial charge in [0.05, 0.1) is 11.7 Å². The molecule has 22 heavy (non-hydrogen) atoms. The molecule has 0 amide bonds. The first-order valence-electron chi connectivity index (χ1n) is 8.30. The first-order valence-corrected chi connectivity index (χ1v) is 8.30. The molecule has 1 aromatic carbocycles. The summed E-state index contributed by atoms with van der Waals surface area (Å²) in [5, 5.41) is 9.76. The second kappa shape index (κ2) is 5.69. The highest BCUT2D eigenvalue weighted by molar-refractivity contribution is 6.47. The summed E-state index contributed by atoms with van der Waals surface area (Å²) >= 11 is 0. The maximum atomic E-state index is 9.76. The van der Waals surface area contributed by atoms with Gasteiger partial charge in [0.1, 0.15) is 0 Å². The second-order valence-corrected chi connectivity index (χ2v) is 8.59. The van der Waals surface area contributed by atoms with Crippen molar-refractivity contribution in [3.05, 3.63) is 29.3 Å². The molecular weight excluding hydrogens is 271 g/mol.